The number of aryl methyl sites for hydroxylation is 1. The number of aromatic nitrogens is 5. The molecule has 0 radical (unpaired) electrons. The summed E-state index contributed by atoms with van der Waals surface area (Å²) >= 11 is 4.59. The largest absolute Gasteiger partial charge is 0.325 e. The summed E-state index contributed by atoms with van der Waals surface area (Å²) in [6.45, 7) is 1.95. The average molecular weight is 395 g/mol. The molecule has 3 aromatic rings. The van der Waals surface area contributed by atoms with Crippen LogP contribution in [0, 0.1) is 6.92 Å². The van der Waals surface area contributed by atoms with Crippen LogP contribution < -0.4 is 10.9 Å². The first-order valence-corrected chi connectivity index (χ1v) is 8.30. The number of carbonyl (C=O) groups excluding carboxylic acids is 1. The van der Waals surface area contributed by atoms with Crippen molar-refractivity contribution in [2.45, 2.75) is 12.1 Å². The SMILES string of the molecule is Cc1cc(NC(=O)CSc2nnc3[nH]c(=O)cnn23)ccc1Br. The van der Waals surface area contributed by atoms with E-state index in [4.69, 9.17) is 0 Å². The van der Waals surface area contributed by atoms with Gasteiger partial charge in [0.15, 0.2) is 0 Å². The van der Waals surface area contributed by atoms with Crippen LogP contribution >= 0.6 is 27.7 Å². The molecule has 0 fully saturated rings. The monoisotopic (exact) mass is 394 g/mol. The second-order valence-corrected chi connectivity index (χ2v) is 6.45. The van der Waals surface area contributed by atoms with Crippen LogP contribution in [0.2, 0.25) is 0 Å². The average Bonchev–Trinajstić information content (AvgIpc) is 2.91. The summed E-state index contributed by atoms with van der Waals surface area (Å²) in [6, 6.07) is 5.58. The van der Waals surface area contributed by atoms with Crippen LogP contribution in [0.5, 0.6) is 0 Å². The third-order valence-electron chi connectivity index (χ3n) is 2.91. The van der Waals surface area contributed by atoms with Gasteiger partial charge in [-0.1, -0.05) is 27.7 Å². The van der Waals surface area contributed by atoms with Gasteiger partial charge in [0.2, 0.25) is 11.1 Å². The summed E-state index contributed by atoms with van der Waals surface area (Å²) in [5, 5.41) is 14.9. The van der Waals surface area contributed by atoms with E-state index in [0.29, 0.717) is 5.16 Å². The third-order valence-corrected chi connectivity index (χ3v) is 4.72. The van der Waals surface area contributed by atoms with E-state index >= 15 is 0 Å². The molecule has 10 heteroatoms. The van der Waals surface area contributed by atoms with E-state index in [2.05, 4.69) is 41.5 Å². The van der Waals surface area contributed by atoms with Crippen molar-refractivity contribution in [1.82, 2.24) is 24.8 Å². The fourth-order valence-corrected chi connectivity index (χ4v) is 2.77. The van der Waals surface area contributed by atoms with Gasteiger partial charge in [-0.3, -0.25) is 14.6 Å². The minimum Gasteiger partial charge on any atom is -0.325 e. The van der Waals surface area contributed by atoms with E-state index in [0.717, 1.165) is 21.9 Å². The zero-order chi connectivity index (χ0) is 16.4. The predicted octanol–water partition coefficient (Wildman–Crippen LogP) is 1.61. The molecule has 8 nitrogen and oxygen atoms in total. The Morgan fingerprint density at radius 3 is 3.04 bits per heavy atom. The molecule has 23 heavy (non-hydrogen) atoms. The van der Waals surface area contributed by atoms with Crippen LogP contribution in [0.15, 0.2) is 38.8 Å². The minimum atomic E-state index is -0.357. The maximum Gasteiger partial charge on any atom is 0.271 e. The van der Waals surface area contributed by atoms with Crippen molar-refractivity contribution >= 4 is 45.1 Å². The van der Waals surface area contributed by atoms with Crippen molar-refractivity contribution in [3.8, 4) is 0 Å². The molecule has 2 heterocycles. The van der Waals surface area contributed by atoms with E-state index in [-0.39, 0.29) is 23.0 Å². The second kappa shape index (κ2) is 6.50. The van der Waals surface area contributed by atoms with Crippen molar-refractivity contribution in [1.29, 1.82) is 0 Å². The summed E-state index contributed by atoms with van der Waals surface area (Å²) in [4.78, 5) is 25.7. The van der Waals surface area contributed by atoms with Gasteiger partial charge in [0.25, 0.3) is 11.3 Å². The van der Waals surface area contributed by atoms with Crippen LogP contribution in [-0.2, 0) is 4.79 Å². The van der Waals surface area contributed by atoms with Gasteiger partial charge in [-0.05, 0) is 30.7 Å². The smallest absolute Gasteiger partial charge is 0.271 e. The number of rotatable bonds is 4. The Morgan fingerprint density at radius 1 is 1.43 bits per heavy atom. The minimum absolute atomic E-state index is 0.150. The summed E-state index contributed by atoms with van der Waals surface area (Å²) in [7, 11) is 0. The highest BCUT2D eigenvalue weighted by molar-refractivity contribution is 9.10. The van der Waals surface area contributed by atoms with Crippen LogP contribution in [0.1, 0.15) is 5.56 Å². The Labute approximate surface area is 142 Å². The molecule has 0 aliphatic rings. The zero-order valence-electron chi connectivity index (χ0n) is 11.9. The predicted molar refractivity (Wildman–Crippen MR) is 89.6 cm³/mol. The number of thioether (sulfide) groups is 1. The molecule has 1 aromatic carbocycles. The molecule has 0 spiro atoms. The van der Waals surface area contributed by atoms with Gasteiger partial charge in [-0.25, -0.2) is 0 Å². The van der Waals surface area contributed by atoms with E-state index < -0.39 is 0 Å². The quantitative estimate of drug-likeness (QED) is 0.651. The summed E-state index contributed by atoms with van der Waals surface area (Å²) in [5.41, 5.74) is 1.40. The number of nitrogens with one attached hydrogen (secondary N) is 2. The van der Waals surface area contributed by atoms with Crippen LogP contribution in [0.4, 0.5) is 5.69 Å². The zero-order valence-corrected chi connectivity index (χ0v) is 14.3. The van der Waals surface area contributed by atoms with E-state index in [1.165, 1.54) is 16.3 Å². The van der Waals surface area contributed by atoms with Crippen molar-refractivity contribution in [2.75, 3.05) is 11.1 Å². The number of amides is 1. The van der Waals surface area contributed by atoms with E-state index in [1.54, 1.807) is 0 Å². The fraction of sp³-hybridized carbons (Fsp3) is 0.154. The highest BCUT2D eigenvalue weighted by Gasteiger charge is 2.11. The molecule has 0 bridgehead atoms. The van der Waals surface area contributed by atoms with Crippen molar-refractivity contribution in [2.24, 2.45) is 0 Å². The highest BCUT2D eigenvalue weighted by atomic mass is 79.9. The normalized spacial score (nSPS) is 10.9. The van der Waals surface area contributed by atoms with Crippen molar-refractivity contribution in [3.05, 3.63) is 44.8 Å². The molecule has 0 aliphatic heterocycles. The van der Waals surface area contributed by atoms with Gasteiger partial charge < -0.3 is 5.32 Å². The van der Waals surface area contributed by atoms with Gasteiger partial charge >= 0.3 is 0 Å². The molecular formula is C13H11BrN6O2S. The Bertz CT molecular complexity index is 938. The molecule has 2 aromatic heterocycles. The molecular weight excluding hydrogens is 384 g/mol. The van der Waals surface area contributed by atoms with Gasteiger partial charge in [0, 0.05) is 10.2 Å². The standard InChI is InChI=1S/C13H11BrN6O2S/c1-7-4-8(2-3-9(7)14)16-11(22)6-23-13-19-18-12-17-10(21)5-15-20(12)13/h2-5H,6H2,1H3,(H,16,22)(H,17,18,21). The van der Waals surface area contributed by atoms with Crippen molar-refractivity contribution < 1.29 is 4.79 Å². The molecule has 0 aliphatic carbocycles. The first-order valence-electron chi connectivity index (χ1n) is 6.52. The Morgan fingerprint density at radius 2 is 2.26 bits per heavy atom. The second-order valence-electron chi connectivity index (χ2n) is 4.65. The molecule has 0 atom stereocenters. The molecule has 0 saturated heterocycles. The lowest BCUT2D eigenvalue weighted by Crippen LogP contribution is -2.15. The van der Waals surface area contributed by atoms with Gasteiger partial charge in [0.1, 0.15) is 6.20 Å². The van der Waals surface area contributed by atoms with Gasteiger partial charge in [0.05, 0.1) is 5.75 Å². The van der Waals surface area contributed by atoms with E-state index in [1.807, 2.05) is 25.1 Å². The molecule has 2 N–H and O–H groups in total. The van der Waals surface area contributed by atoms with Crippen molar-refractivity contribution in [3.63, 3.8) is 0 Å². The lowest BCUT2D eigenvalue weighted by molar-refractivity contribution is -0.113. The molecule has 0 saturated carbocycles. The maximum atomic E-state index is 12.0. The van der Waals surface area contributed by atoms with Crippen LogP contribution in [0.25, 0.3) is 5.78 Å². The third kappa shape index (κ3) is 3.59. The summed E-state index contributed by atoms with van der Waals surface area (Å²) in [6.07, 6.45) is 1.13. The number of anilines is 1. The first kappa shape index (κ1) is 15.7. The van der Waals surface area contributed by atoms with Gasteiger partial charge in [-0.15, -0.1) is 10.2 Å². The number of nitrogens with zero attached hydrogens (tertiary/aromatic N) is 4. The number of H-pyrrole nitrogens is 1. The molecule has 118 valence electrons. The van der Waals surface area contributed by atoms with Crippen LogP contribution in [-0.4, -0.2) is 36.5 Å². The van der Waals surface area contributed by atoms with Crippen LogP contribution in [0.3, 0.4) is 0 Å². The van der Waals surface area contributed by atoms with E-state index in [9.17, 15) is 9.59 Å². The Balaban J connectivity index is 1.66. The number of aromatic amines is 1. The highest BCUT2D eigenvalue weighted by Crippen LogP contribution is 2.20. The number of benzene rings is 1. The fourth-order valence-electron chi connectivity index (χ4n) is 1.84. The lowest BCUT2D eigenvalue weighted by Gasteiger charge is -2.06. The number of hydrogen-bond donors (Lipinski definition) is 2. The Hall–Kier alpha value is -2.20. The summed E-state index contributed by atoms with van der Waals surface area (Å²) in [5.74, 6) is 0.221. The molecule has 0 unspecified atom stereocenters. The molecule has 1 amide bonds. The first-order chi connectivity index (χ1) is 11.0. The maximum absolute atomic E-state index is 12.0. The topological polar surface area (TPSA) is 105 Å². The summed E-state index contributed by atoms with van der Waals surface area (Å²) < 4.78 is 2.36. The Kier molecular flexibility index (Phi) is 4.44. The number of halogens is 1. The number of carbonyl (C=O) groups is 1. The number of fused-ring (bicyclic) bond motifs is 1. The lowest BCUT2D eigenvalue weighted by atomic mass is 10.2. The molecule has 3 rings (SSSR count). The number of hydrogen-bond acceptors (Lipinski definition) is 6. The van der Waals surface area contributed by atoms with Gasteiger partial charge in [-0.2, -0.15) is 9.61 Å².